The summed E-state index contributed by atoms with van der Waals surface area (Å²) < 4.78 is 0. The molecule has 1 aliphatic heterocycles. The van der Waals surface area contributed by atoms with E-state index in [9.17, 15) is 5.11 Å². The van der Waals surface area contributed by atoms with Crippen molar-refractivity contribution in [1.29, 1.82) is 5.41 Å². The molecule has 24 heavy (non-hydrogen) atoms. The molecule has 0 bridgehead atoms. The molecule has 0 saturated carbocycles. The van der Waals surface area contributed by atoms with Crippen LogP contribution in [0.25, 0.3) is 0 Å². The molecule has 2 N–H and O–H groups in total. The third-order valence-corrected chi connectivity index (χ3v) is 5.48. The third kappa shape index (κ3) is 5.28. The summed E-state index contributed by atoms with van der Waals surface area (Å²) in [4.78, 5) is 4.99. The average molecular weight is 348 g/mol. The lowest BCUT2D eigenvalue weighted by atomic mass is 10.1. The molecule has 0 amide bonds. The van der Waals surface area contributed by atoms with E-state index in [1.807, 2.05) is 0 Å². The molecule has 5 heteroatoms. The second kappa shape index (κ2) is 9.14. The van der Waals surface area contributed by atoms with Crippen molar-refractivity contribution in [2.75, 3.05) is 49.1 Å². The van der Waals surface area contributed by atoms with Crippen molar-refractivity contribution in [3.05, 3.63) is 41.2 Å². The summed E-state index contributed by atoms with van der Waals surface area (Å²) in [6, 6.07) is 8.60. The number of rotatable bonds is 7. The van der Waals surface area contributed by atoms with Crippen LogP contribution >= 0.6 is 11.8 Å². The molecule has 0 unspecified atom stereocenters. The number of allylic oxidation sites excluding steroid dienone is 1. The highest BCUT2D eigenvalue weighted by molar-refractivity contribution is 7.99. The number of aliphatic hydroxyl groups excluding tert-OH is 1. The SMILES string of the molecule is CC(=N)/C(CSCCN1CCN(c2ccccc2C)CC1)=C(/C)O. The van der Waals surface area contributed by atoms with Crippen molar-refractivity contribution in [2.24, 2.45) is 0 Å². The standard InChI is InChI=1S/C19H29N3OS/c1-15-6-4-5-7-19(15)22-10-8-21(9-11-22)12-13-24-14-18(16(2)20)17(3)23/h4-7,20,23H,8-14H2,1-3H3/b18-17-,20-16?. The lowest BCUT2D eigenvalue weighted by Crippen LogP contribution is -2.47. The van der Waals surface area contributed by atoms with Crippen molar-refractivity contribution >= 4 is 23.2 Å². The molecule has 0 radical (unpaired) electrons. The molecule has 1 aromatic carbocycles. The maximum absolute atomic E-state index is 9.60. The van der Waals surface area contributed by atoms with Gasteiger partial charge in [-0.3, -0.25) is 4.90 Å². The largest absolute Gasteiger partial charge is 0.512 e. The Kier molecular flexibility index (Phi) is 7.18. The Labute approximate surface area is 150 Å². The van der Waals surface area contributed by atoms with Crippen LogP contribution in [0.4, 0.5) is 5.69 Å². The number of benzene rings is 1. The van der Waals surface area contributed by atoms with E-state index in [1.54, 1.807) is 25.6 Å². The molecular formula is C19H29N3OS. The minimum atomic E-state index is 0.279. The molecule has 0 aliphatic carbocycles. The molecule has 4 nitrogen and oxygen atoms in total. The van der Waals surface area contributed by atoms with Gasteiger partial charge in [0.2, 0.25) is 0 Å². The normalized spacial score (nSPS) is 16.9. The van der Waals surface area contributed by atoms with Crippen molar-refractivity contribution in [3.63, 3.8) is 0 Å². The predicted molar refractivity (Wildman–Crippen MR) is 106 cm³/mol. The van der Waals surface area contributed by atoms with Crippen LogP contribution in [-0.4, -0.2) is 59.9 Å². The first-order valence-electron chi connectivity index (χ1n) is 8.54. The Morgan fingerprint density at radius 2 is 1.83 bits per heavy atom. The number of para-hydroxylation sites is 1. The smallest absolute Gasteiger partial charge is 0.0949 e. The molecule has 1 heterocycles. The van der Waals surface area contributed by atoms with Gasteiger partial charge in [0.1, 0.15) is 0 Å². The molecule has 2 rings (SSSR count). The second-order valence-corrected chi connectivity index (χ2v) is 7.46. The first-order valence-corrected chi connectivity index (χ1v) is 9.69. The van der Waals surface area contributed by atoms with Gasteiger partial charge in [0.25, 0.3) is 0 Å². The summed E-state index contributed by atoms with van der Waals surface area (Å²) in [5.41, 5.74) is 3.95. The summed E-state index contributed by atoms with van der Waals surface area (Å²) in [6.07, 6.45) is 0. The number of nitrogens with one attached hydrogen (secondary N) is 1. The number of anilines is 1. The number of hydrogen-bond acceptors (Lipinski definition) is 5. The highest BCUT2D eigenvalue weighted by atomic mass is 32.2. The van der Waals surface area contributed by atoms with E-state index in [0.717, 1.165) is 49.8 Å². The summed E-state index contributed by atoms with van der Waals surface area (Å²) in [5, 5.41) is 17.3. The van der Waals surface area contributed by atoms with Crippen LogP contribution in [-0.2, 0) is 0 Å². The molecule has 0 spiro atoms. The first-order chi connectivity index (χ1) is 11.5. The molecule has 132 valence electrons. The van der Waals surface area contributed by atoms with Gasteiger partial charge in [-0.2, -0.15) is 11.8 Å². The molecule has 1 aliphatic rings. The van der Waals surface area contributed by atoms with E-state index in [4.69, 9.17) is 5.41 Å². The summed E-state index contributed by atoms with van der Waals surface area (Å²) >= 11 is 1.80. The van der Waals surface area contributed by atoms with Crippen LogP contribution in [0.5, 0.6) is 0 Å². The Morgan fingerprint density at radius 3 is 2.42 bits per heavy atom. The van der Waals surface area contributed by atoms with Gasteiger partial charge >= 0.3 is 0 Å². The van der Waals surface area contributed by atoms with E-state index >= 15 is 0 Å². The number of thioether (sulfide) groups is 1. The number of aliphatic hydroxyl groups is 1. The highest BCUT2D eigenvalue weighted by Crippen LogP contribution is 2.21. The van der Waals surface area contributed by atoms with Crippen LogP contribution in [0.2, 0.25) is 0 Å². The molecular weight excluding hydrogens is 318 g/mol. The van der Waals surface area contributed by atoms with Gasteiger partial charge in [-0.25, -0.2) is 0 Å². The summed E-state index contributed by atoms with van der Waals surface area (Å²) in [5.74, 6) is 2.04. The maximum atomic E-state index is 9.60. The van der Waals surface area contributed by atoms with Gasteiger partial charge in [0.15, 0.2) is 0 Å². The topological polar surface area (TPSA) is 50.6 Å². The Balaban J connectivity index is 1.71. The minimum Gasteiger partial charge on any atom is -0.512 e. The zero-order valence-electron chi connectivity index (χ0n) is 15.0. The van der Waals surface area contributed by atoms with Crippen molar-refractivity contribution in [2.45, 2.75) is 20.8 Å². The molecule has 0 aromatic heterocycles. The maximum Gasteiger partial charge on any atom is 0.0949 e. The lowest BCUT2D eigenvalue weighted by Gasteiger charge is -2.36. The Hall–Kier alpha value is -1.46. The van der Waals surface area contributed by atoms with Gasteiger partial charge in [-0.1, -0.05) is 18.2 Å². The number of aryl methyl sites for hydroxylation is 1. The number of hydrogen-bond donors (Lipinski definition) is 2. The summed E-state index contributed by atoms with van der Waals surface area (Å²) in [6.45, 7) is 11.0. The Bertz CT molecular complexity index is 588. The van der Waals surface area contributed by atoms with E-state index in [2.05, 4.69) is 41.0 Å². The third-order valence-electron chi connectivity index (χ3n) is 4.52. The van der Waals surface area contributed by atoms with Crippen molar-refractivity contribution in [3.8, 4) is 0 Å². The van der Waals surface area contributed by atoms with Crippen LogP contribution in [0.1, 0.15) is 19.4 Å². The zero-order valence-corrected chi connectivity index (χ0v) is 15.8. The lowest BCUT2D eigenvalue weighted by molar-refractivity contribution is 0.273. The average Bonchev–Trinajstić information content (AvgIpc) is 2.55. The molecule has 1 saturated heterocycles. The second-order valence-electron chi connectivity index (χ2n) is 6.36. The fourth-order valence-electron chi connectivity index (χ4n) is 2.98. The fourth-order valence-corrected chi connectivity index (χ4v) is 4.14. The van der Waals surface area contributed by atoms with Crippen LogP contribution in [0.15, 0.2) is 35.6 Å². The van der Waals surface area contributed by atoms with Gasteiger partial charge in [-0.15, -0.1) is 0 Å². The number of nitrogens with zero attached hydrogens (tertiary/aromatic N) is 2. The van der Waals surface area contributed by atoms with Crippen molar-refractivity contribution < 1.29 is 5.11 Å². The minimum absolute atomic E-state index is 0.279. The molecule has 0 atom stereocenters. The quantitative estimate of drug-likeness (QED) is 0.448. The van der Waals surface area contributed by atoms with Gasteiger partial charge in [-0.05, 0) is 32.4 Å². The van der Waals surface area contributed by atoms with Crippen LogP contribution in [0, 0.1) is 12.3 Å². The fraction of sp³-hybridized carbons (Fsp3) is 0.526. The van der Waals surface area contributed by atoms with Crippen LogP contribution < -0.4 is 4.90 Å². The van der Waals surface area contributed by atoms with Crippen molar-refractivity contribution in [1.82, 2.24) is 4.90 Å². The van der Waals surface area contributed by atoms with E-state index in [0.29, 0.717) is 5.71 Å². The van der Waals surface area contributed by atoms with Gasteiger partial charge in [0, 0.05) is 61.2 Å². The molecule has 1 fully saturated rings. The van der Waals surface area contributed by atoms with Crippen LogP contribution in [0.3, 0.4) is 0 Å². The van der Waals surface area contributed by atoms with E-state index < -0.39 is 0 Å². The predicted octanol–water partition coefficient (Wildman–Crippen LogP) is 3.72. The highest BCUT2D eigenvalue weighted by Gasteiger charge is 2.17. The first kappa shape index (κ1) is 18.9. The van der Waals surface area contributed by atoms with E-state index in [1.165, 1.54) is 11.3 Å². The molecule has 1 aromatic rings. The summed E-state index contributed by atoms with van der Waals surface area (Å²) in [7, 11) is 0. The number of piperazine rings is 1. The van der Waals surface area contributed by atoms with Gasteiger partial charge in [0.05, 0.1) is 5.76 Å². The van der Waals surface area contributed by atoms with Gasteiger partial charge < -0.3 is 15.4 Å². The monoisotopic (exact) mass is 347 g/mol. The Morgan fingerprint density at radius 1 is 1.17 bits per heavy atom. The van der Waals surface area contributed by atoms with E-state index in [-0.39, 0.29) is 5.76 Å². The zero-order chi connectivity index (χ0) is 17.5.